The van der Waals surface area contributed by atoms with Crippen molar-refractivity contribution in [1.29, 1.82) is 0 Å². The molecule has 0 saturated carbocycles. The van der Waals surface area contributed by atoms with E-state index in [0.29, 0.717) is 6.61 Å². The van der Waals surface area contributed by atoms with Gasteiger partial charge in [0.05, 0.1) is 0 Å². The summed E-state index contributed by atoms with van der Waals surface area (Å²) in [5.74, 6) is 0. The fourth-order valence-electron chi connectivity index (χ4n) is 1.02. The second-order valence-electron chi connectivity index (χ2n) is 3.91. The van der Waals surface area contributed by atoms with Crippen LogP contribution >= 0.6 is 0 Å². The van der Waals surface area contributed by atoms with Gasteiger partial charge in [-0.05, 0) is 0 Å². The first-order valence-electron chi connectivity index (χ1n) is 4.75. The molecule has 0 bridgehead atoms. The van der Waals surface area contributed by atoms with Crippen LogP contribution < -0.4 is 5.32 Å². The maximum atomic E-state index is 11.3. The fraction of sp³-hybridized carbons (Fsp3) is 0.364. The van der Waals surface area contributed by atoms with E-state index in [1.54, 1.807) is 0 Å². The molecule has 82 valence electrons. The Labute approximate surface area is 98.7 Å². The summed E-state index contributed by atoms with van der Waals surface area (Å²) in [7, 11) is 0. The molecule has 1 rings (SSSR count). The van der Waals surface area contributed by atoms with Gasteiger partial charge >= 0.3 is 98.5 Å². The van der Waals surface area contributed by atoms with Crippen molar-refractivity contribution >= 4 is 22.9 Å². The molecular formula is C11H16AsNO2. The van der Waals surface area contributed by atoms with Crippen LogP contribution in [0.4, 0.5) is 4.79 Å². The van der Waals surface area contributed by atoms with E-state index in [9.17, 15) is 4.79 Å². The van der Waals surface area contributed by atoms with Gasteiger partial charge in [-0.3, -0.25) is 0 Å². The summed E-state index contributed by atoms with van der Waals surface area (Å²) >= 11 is 1.45. The molecule has 1 N–H and O–H groups in total. The van der Waals surface area contributed by atoms with Crippen molar-refractivity contribution in [2.45, 2.75) is 24.8 Å². The zero-order chi connectivity index (χ0) is 11.3. The summed E-state index contributed by atoms with van der Waals surface area (Å²) in [4.78, 5) is 11.3. The van der Waals surface area contributed by atoms with Gasteiger partial charge in [-0.1, -0.05) is 0 Å². The summed E-state index contributed by atoms with van der Waals surface area (Å²) in [5, 5.41) is 2.76. The van der Waals surface area contributed by atoms with E-state index >= 15 is 0 Å². The quantitative estimate of drug-likeness (QED) is 0.839. The Morgan fingerprint density at radius 3 is 2.53 bits per heavy atom. The SMILES string of the molecule is CC(C)([AsH2])NC(=O)OCc1ccccc1. The minimum atomic E-state index is -0.367. The first kappa shape index (κ1) is 12.1. The molecule has 0 heterocycles. The number of hydrogen-bond acceptors (Lipinski definition) is 2. The van der Waals surface area contributed by atoms with Crippen LogP contribution in [0.25, 0.3) is 0 Å². The van der Waals surface area contributed by atoms with Gasteiger partial charge in [-0.25, -0.2) is 0 Å². The van der Waals surface area contributed by atoms with E-state index in [-0.39, 0.29) is 10.4 Å². The number of alkyl carbamates (subject to hydrolysis) is 1. The van der Waals surface area contributed by atoms with Crippen LogP contribution in [0.15, 0.2) is 30.3 Å². The normalized spacial score (nSPS) is 10.9. The van der Waals surface area contributed by atoms with Crippen molar-refractivity contribution in [2.75, 3.05) is 0 Å². The van der Waals surface area contributed by atoms with E-state index in [1.165, 1.54) is 16.9 Å². The van der Waals surface area contributed by atoms with Gasteiger partial charge in [0.15, 0.2) is 0 Å². The van der Waals surface area contributed by atoms with Crippen LogP contribution in [0.3, 0.4) is 0 Å². The average Bonchev–Trinajstić information content (AvgIpc) is 2.14. The van der Waals surface area contributed by atoms with Crippen molar-refractivity contribution in [2.24, 2.45) is 0 Å². The molecule has 0 aliphatic heterocycles. The number of ether oxygens (including phenoxy) is 1. The number of benzene rings is 1. The molecule has 15 heavy (non-hydrogen) atoms. The summed E-state index contributed by atoms with van der Waals surface area (Å²) < 4.78 is 4.87. The molecule has 1 unspecified atom stereocenters. The molecule has 1 aromatic carbocycles. The van der Waals surface area contributed by atoms with Crippen molar-refractivity contribution in [3.63, 3.8) is 0 Å². The first-order valence-corrected chi connectivity index (χ1v) is 5.96. The van der Waals surface area contributed by atoms with Gasteiger partial charge in [0.25, 0.3) is 0 Å². The summed E-state index contributed by atoms with van der Waals surface area (Å²) in [6.45, 7) is 4.20. The number of rotatable bonds is 3. The average molecular weight is 269 g/mol. The topological polar surface area (TPSA) is 38.3 Å². The molecule has 1 atom stereocenters. The predicted molar refractivity (Wildman–Crippen MR) is 62.4 cm³/mol. The van der Waals surface area contributed by atoms with Crippen LogP contribution in [0.5, 0.6) is 0 Å². The van der Waals surface area contributed by atoms with E-state index in [2.05, 4.69) is 5.32 Å². The van der Waals surface area contributed by atoms with Gasteiger partial charge in [-0.2, -0.15) is 0 Å². The van der Waals surface area contributed by atoms with Crippen molar-refractivity contribution in [1.82, 2.24) is 5.32 Å². The van der Waals surface area contributed by atoms with E-state index in [0.717, 1.165) is 5.56 Å². The predicted octanol–water partition coefficient (Wildman–Crippen LogP) is 1.28. The number of carbonyl (C=O) groups is 1. The number of amides is 1. The molecule has 0 aromatic heterocycles. The van der Waals surface area contributed by atoms with Crippen LogP contribution in [0.2, 0.25) is 0 Å². The van der Waals surface area contributed by atoms with E-state index < -0.39 is 0 Å². The zero-order valence-corrected chi connectivity index (χ0v) is 11.4. The van der Waals surface area contributed by atoms with Gasteiger partial charge < -0.3 is 0 Å². The molecule has 1 aromatic rings. The number of carbonyl (C=O) groups excluding carboxylic acids is 1. The first-order chi connectivity index (χ1) is 6.97. The molecule has 0 aliphatic carbocycles. The van der Waals surface area contributed by atoms with Crippen LogP contribution in [-0.4, -0.2) is 27.3 Å². The van der Waals surface area contributed by atoms with Gasteiger partial charge in [0.2, 0.25) is 0 Å². The van der Waals surface area contributed by atoms with Gasteiger partial charge in [0, 0.05) is 0 Å². The molecular weight excluding hydrogens is 253 g/mol. The Morgan fingerprint density at radius 2 is 2.00 bits per heavy atom. The number of nitrogens with one attached hydrogen (secondary N) is 1. The summed E-state index contributed by atoms with van der Waals surface area (Å²) in [6.07, 6.45) is -0.367. The van der Waals surface area contributed by atoms with Crippen LogP contribution in [-0.2, 0) is 11.3 Å². The third-order valence-corrected chi connectivity index (χ3v) is 1.94. The Balaban J connectivity index is 2.35. The Bertz CT molecular complexity index is 319. The monoisotopic (exact) mass is 269 g/mol. The fourth-order valence-corrected chi connectivity index (χ4v) is 1.27. The Kier molecular flexibility index (Phi) is 4.22. The molecule has 0 aliphatic rings. The zero-order valence-electron chi connectivity index (χ0n) is 8.99. The number of hydrogen-bond donors (Lipinski definition) is 1. The second kappa shape index (κ2) is 5.22. The molecule has 0 radical (unpaired) electrons. The molecule has 0 fully saturated rings. The van der Waals surface area contributed by atoms with Crippen molar-refractivity contribution < 1.29 is 9.53 Å². The molecule has 4 heteroatoms. The third kappa shape index (κ3) is 5.48. The molecule has 3 nitrogen and oxygen atoms in total. The summed E-state index contributed by atoms with van der Waals surface area (Å²) in [5.41, 5.74) is 0.993. The van der Waals surface area contributed by atoms with E-state index in [4.69, 9.17) is 4.74 Å². The van der Waals surface area contributed by atoms with Crippen molar-refractivity contribution in [3.8, 4) is 0 Å². The Hall–Kier alpha value is -0.952. The van der Waals surface area contributed by atoms with Crippen LogP contribution in [0.1, 0.15) is 19.4 Å². The molecule has 0 saturated heterocycles. The van der Waals surface area contributed by atoms with Gasteiger partial charge in [0.1, 0.15) is 0 Å². The standard InChI is InChI=1S/C11H16AsNO2/c1-11(2,12)13-10(14)15-8-9-6-4-3-5-7-9/h3-7H,8,12H2,1-2H3,(H,13,14). The second-order valence-corrected chi connectivity index (χ2v) is 6.94. The molecule has 1 amide bonds. The maximum absolute atomic E-state index is 11.3. The third-order valence-electron chi connectivity index (χ3n) is 1.64. The Morgan fingerprint density at radius 1 is 1.40 bits per heavy atom. The van der Waals surface area contributed by atoms with Crippen molar-refractivity contribution in [3.05, 3.63) is 35.9 Å². The summed E-state index contributed by atoms with van der Waals surface area (Å²) in [6, 6.07) is 9.62. The van der Waals surface area contributed by atoms with Crippen LogP contribution in [0, 0.1) is 0 Å². The van der Waals surface area contributed by atoms with E-state index in [1.807, 2.05) is 44.2 Å². The minimum absolute atomic E-state index is 0.194. The van der Waals surface area contributed by atoms with Gasteiger partial charge in [-0.15, -0.1) is 0 Å². The molecule has 0 spiro atoms.